The molecule has 0 aliphatic carbocycles. The first-order valence-corrected chi connectivity index (χ1v) is 17.0. The van der Waals surface area contributed by atoms with Gasteiger partial charge in [-0.1, -0.05) is 202 Å². The first-order chi connectivity index (χ1) is 17.0. The van der Waals surface area contributed by atoms with E-state index in [0.717, 1.165) is 23.7 Å². The third-order valence-electron chi connectivity index (χ3n) is 8.79. The standard InChI is InChI=1S/C35H72/c1-7-9-11-15-19-25-32(3)27-22-18-23-28-33(4)26-20-16-13-12-14-17-21-29-35(6)31-30-34(5)24-10-8-2/h32-35H,7-31H2,1-6H3. The zero-order valence-corrected chi connectivity index (χ0v) is 26.0. The fraction of sp³-hybridized carbons (Fsp3) is 1.00. The number of unbranched alkanes of at least 4 members (excludes halogenated alkanes) is 13. The molecule has 0 spiro atoms. The topological polar surface area (TPSA) is 0 Å². The van der Waals surface area contributed by atoms with E-state index in [1.54, 1.807) is 0 Å². The van der Waals surface area contributed by atoms with Gasteiger partial charge in [-0.15, -0.1) is 0 Å². The lowest BCUT2D eigenvalue weighted by Gasteiger charge is -2.15. The van der Waals surface area contributed by atoms with Crippen LogP contribution >= 0.6 is 0 Å². The van der Waals surface area contributed by atoms with Crippen LogP contribution in [0.5, 0.6) is 0 Å². The zero-order chi connectivity index (χ0) is 26.0. The van der Waals surface area contributed by atoms with Crippen molar-refractivity contribution in [2.75, 3.05) is 0 Å². The quantitative estimate of drug-likeness (QED) is 0.0952. The molecule has 0 aliphatic heterocycles. The molecule has 0 bridgehead atoms. The molecule has 0 rings (SSSR count). The molecule has 0 aromatic heterocycles. The minimum Gasteiger partial charge on any atom is -0.0654 e. The summed E-state index contributed by atoms with van der Waals surface area (Å²) in [6.45, 7) is 14.6. The molecule has 0 aromatic carbocycles. The number of rotatable bonds is 28. The molecule has 0 amide bonds. The Bertz CT molecular complexity index is 385. The van der Waals surface area contributed by atoms with Crippen molar-refractivity contribution in [1.82, 2.24) is 0 Å². The van der Waals surface area contributed by atoms with E-state index in [1.807, 2.05) is 0 Å². The van der Waals surface area contributed by atoms with Crippen LogP contribution in [0.4, 0.5) is 0 Å². The molecule has 0 fully saturated rings. The first kappa shape index (κ1) is 35.0. The first-order valence-electron chi connectivity index (χ1n) is 17.0. The van der Waals surface area contributed by atoms with Gasteiger partial charge in [-0.25, -0.2) is 0 Å². The molecular formula is C35H72. The van der Waals surface area contributed by atoms with E-state index in [2.05, 4.69) is 41.5 Å². The number of hydrogen-bond donors (Lipinski definition) is 0. The van der Waals surface area contributed by atoms with E-state index in [4.69, 9.17) is 0 Å². The van der Waals surface area contributed by atoms with Gasteiger partial charge in [-0.05, 0) is 23.7 Å². The van der Waals surface area contributed by atoms with Crippen molar-refractivity contribution in [2.24, 2.45) is 23.7 Å². The molecule has 35 heavy (non-hydrogen) atoms. The number of hydrogen-bond acceptors (Lipinski definition) is 0. The molecule has 0 aromatic rings. The van der Waals surface area contributed by atoms with Crippen LogP contribution < -0.4 is 0 Å². The Hall–Kier alpha value is 0. The van der Waals surface area contributed by atoms with E-state index >= 15 is 0 Å². The van der Waals surface area contributed by atoms with E-state index < -0.39 is 0 Å². The predicted molar refractivity (Wildman–Crippen MR) is 163 cm³/mol. The fourth-order valence-electron chi connectivity index (χ4n) is 5.83. The van der Waals surface area contributed by atoms with E-state index in [0.29, 0.717) is 0 Å². The Morgan fingerprint density at radius 3 is 0.829 bits per heavy atom. The maximum atomic E-state index is 2.50. The van der Waals surface area contributed by atoms with Crippen molar-refractivity contribution in [3.63, 3.8) is 0 Å². The van der Waals surface area contributed by atoms with Crippen LogP contribution in [0.15, 0.2) is 0 Å². The second-order valence-corrected chi connectivity index (χ2v) is 13.0. The van der Waals surface area contributed by atoms with Crippen LogP contribution in [0.1, 0.15) is 202 Å². The van der Waals surface area contributed by atoms with Gasteiger partial charge in [0.1, 0.15) is 0 Å². The summed E-state index contributed by atoms with van der Waals surface area (Å²) in [7, 11) is 0. The third kappa shape index (κ3) is 26.9. The highest BCUT2D eigenvalue weighted by molar-refractivity contribution is 4.61. The van der Waals surface area contributed by atoms with Crippen LogP contribution in [0.2, 0.25) is 0 Å². The average Bonchev–Trinajstić information content (AvgIpc) is 2.84. The molecule has 0 heteroatoms. The van der Waals surface area contributed by atoms with E-state index in [1.165, 1.54) is 161 Å². The highest BCUT2D eigenvalue weighted by Crippen LogP contribution is 2.23. The Balaban J connectivity index is 3.36. The van der Waals surface area contributed by atoms with Crippen molar-refractivity contribution in [2.45, 2.75) is 202 Å². The lowest BCUT2D eigenvalue weighted by Crippen LogP contribution is -2.01. The Morgan fingerprint density at radius 1 is 0.257 bits per heavy atom. The van der Waals surface area contributed by atoms with Gasteiger partial charge in [0.15, 0.2) is 0 Å². The predicted octanol–water partition coefficient (Wildman–Crippen LogP) is 13.3. The van der Waals surface area contributed by atoms with Gasteiger partial charge in [0, 0.05) is 0 Å². The summed E-state index contributed by atoms with van der Waals surface area (Å²) in [5.74, 6) is 3.81. The van der Waals surface area contributed by atoms with Crippen LogP contribution in [-0.2, 0) is 0 Å². The normalized spacial score (nSPS) is 15.3. The summed E-state index contributed by atoms with van der Waals surface area (Å²) in [6, 6.07) is 0. The van der Waals surface area contributed by atoms with Gasteiger partial charge in [-0.3, -0.25) is 0 Å². The molecule has 0 saturated carbocycles. The van der Waals surface area contributed by atoms with Gasteiger partial charge in [0.25, 0.3) is 0 Å². The molecule has 0 N–H and O–H groups in total. The Morgan fingerprint density at radius 2 is 0.486 bits per heavy atom. The van der Waals surface area contributed by atoms with Crippen LogP contribution in [-0.4, -0.2) is 0 Å². The van der Waals surface area contributed by atoms with Gasteiger partial charge in [0.05, 0.1) is 0 Å². The molecule has 0 nitrogen and oxygen atoms in total. The Labute approximate surface area is 225 Å². The molecule has 0 aliphatic rings. The van der Waals surface area contributed by atoms with Crippen molar-refractivity contribution < 1.29 is 0 Å². The Kier molecular flexibility index (Phi) is 27.0. The second kappa shape index (κ2) is 27.0. The van der Waals surface area contributed by atoms with Gasteiger partial charge in [0.2, 0.25) is 0 Å². The summed E-state index contributed by atoms with van der Waals surface area (Å²) >= 11 is 0. The highest BCUT2D eigenvalue weighted by Gasteiger charge is 2.07. The monoisotopic (exact) mass is 493 g/mol. The molecule has 0 radical (unpaired) electrons. The van der Waals surface area contributed by atoms with E-state index in [-0.39, 0.29) is 0 Å². The molecule has 4 unspecified atom stereocenters. The maximum absolute atomic E-state index is 2.50. The summed E-state index contributed by atoms with van der Waals surface area (Å²) in [4.78, 5) is 0. The van der Waals surface area contributed by atoms with Gasteiger partial charge in [-0.2, -0.15) is 0 Å². The minimum atomic E-state index is 0.948. The molecular weight excluding hydrogens is 420 g/mol. The largest absolute Gasteiger partial charge is 0.0654 e. The maximum Gasteiger partial charge on any atom is -0.0443 e. The fourth-order valence-corrected chi connectivity index (χ4v) is 5.83. The van der Waals surface area contributed by atoms with E-state index in [9.17, 15) is 0 Å². The van der Waals surface area contributed by atoms with Gasteiger partial charge >= 0.3 is 0 Å². The molecule has 0 saturated heterocycles. The van der Waals surface area contributed by atoms with Crippen LogP contribution in [0, 0.1) is 23.7 Å². The summed E-state index contributed by atoms with van der Waals surface area (Å²) in [5.41, 5.74) is 0. The highest BCUT2D eigenvalue weighted by atomic mass is 14.1. The van der Waals surface area contributed by atoms with Crippen molar-refractivity contribution in [1.29, 1.82) is 0 Å². The van der Waals surface area contributed by atoms with Crippen molar-refractivity contribution in [3.8, 4) is 0 Å². The summed E-state index contributed by atoms with van der Waals surface area (Å²) in [6.07, 6.45) is 36.5. The zero-order valence-electron chi connectivity index (χ0n) is 26.0. The SMILES string of the molecule is CCCCCCCC(C)CCCCCC(C)CCCCCCCCCC(C)CCC(C)CCCC. The average molecular weight is 493 g/mol. The summed E-state index contributed by atoms with van der Waals surface area (Å²) < 4.78 is 0. The summed E-state index contributed by atoms with van der Waals surface area (Å²) in [5, 5.41) is 0. The van der Waals surface area contributed by atoms with Crippen LogP contribution in [0.25, 0.3) is 0 Å². The third-order valence-corrected chi connectivity index (χ3v) is 8.79. The van der Waals surface area contributed by atoms with Crippen LogP contribution in [0.3, 0.4) is 0 Å². The lowest BCUT2D eigenvalue weighted by atomic mass is 9.91. The van der Waals surface area contributed by atoms with Crippen molar-refractivity contribution >= 4 is 0 Å². The van der Waals surface area contributed by atoms with Gasteiger partial charge < -0.3 is 0 Å². The molecule has 4 atom stereocenters. The molecule has 0 heterocycles. The second-order valence-electron chi connectivity index (χ2n) is 13.0. The molecule has 212 valence electrons. The van der Waals surface area contributed by atoms with Crippen molar-refractivity contribution in [3.05, 3.63) is 0 Å². The minimum absolute atomic E-state index is 0.948. The lowest BCUT2D eigenvalue weighted by molar-refractivity contribution is 0.380. The smallest absolute Gasteiger partial charge is 0.0443 e.